The molecule has 0 bridgehead atoms. The molecule has 0 aromatic carbocycles. The van der Waals surface area contributed by atoms with E-state index in [0.717, 1.165) is 6.42 Å². The molecule has 2 aliphatic rings. The summed E-state index contributed by atoms with van der Waals surface area (Å²) in [6.45, 7) is 1.01. The molecule has 2 rings (SSSR count). The van der Waals surface area contributed by atoms with E-state index in [9.17, 15) is 13.6 Å². The number of halogens is 2. The van der Waals surface area contributed by atoms with Crippen molar-refractivity contribution in [2.75, 3.05) is 19.6 Å². The Balaban J connectivity index is 2.02. The van der Waals surface area contributed by atoms with Crippen molar-refractivity contribution in [1.29, 1.82) is 0 Å². The van der Waals surface area contributed by atoms with Gasteiger partial charge in [-0.15, -0.1) is 0 Å². The molecule has 0 spiro atoms. The van der Waals surface area contributed by atoms with Gasteiger partial charge in [-0.1, -0.05) is 0 Å². The highest BCUT2D eigenvalue weighted by atomic mass is 19.3. The van der Waals surface area contributed by atoms with Crippen LogP contribution in [0.2, 0.25) is 0 Å². The van der Waals surface area contributed by atoms with E-state index in [1.54, 1.807) is 4.90 Å². The molecular weight excluding hydrogens is 214 g/mol. The first-order valence-electron chi connectivity index (χ1n) is 5.90. The van der Waals surface area contributed by atoms with E-state index in [4.69, 9.17) is 5.73 Å². The molecule has 0 unspecified atom stereocenters. The van der Waals surface area contributed by atoms with E-state index in [1.165, 1.54) is 0 Å². The van der Waals surface area contributed by atoms with Crippen molar-refractivity contribution in [3.05, 3.63) is 0 Å². The van der Waals surface area contributed by atoms with Gasteiger partial charge in [-0.05, 0) is 18.8 Å². The fourth-order valence-corrected chi connectivity index (χ4v) is 2.91. The predicted octanol–water partition coefficient (Wildman–Crippen LogP) is 1.23. The molecule has 1 saturated heterocycles. The lowest BCUT2D eigenvalue weighted by Crippen LogP contribution is -2.38. The smallest absolute Gasteiger partial charge is 0.252 e. The molecule has 3 nitrogen and oxygen atoms in total. The zero-order valence-electron chi connectivity index (χ0n) is 9.29. The van der Waals surface area contributed by atoms with Crippen LogP contribution in [-0.2, 0) is 4.79 Å². The average molecular weight is 232 g/mol. The number of alkyl halides is 2. The van der Waals surface area contributed by atoms with Crippen LogP contribution in [0.1, 0.15) is 25.7 Å². The Kier molecular flexibility index (Phi) is 3.15. The van der Waals surface area contributed by atoms with E-state index in [1.807, 2.05) is 0 Å². The molecule has 1 aliphatic heterocycles. The zero-order chi connectivity index (χ0) is 11.8. The van der Waals surface area contributed by atoms with E-state index >= 15 is 0 Å². The van der Waals surface area contributed by atoms with Crippen LogP contribution in [0.15, 0.2) is 0 Å². The van der Waals surface area contributed by atoms with Gasteiger partial charge in [0.2, 0.25) is 5.91 Å². The molecule has 1 amide bonds. The Labute approximate surface area is 94.0 Å². The number of amides is 1. The topological polar surface area (TPSA) is 46.3 Å². The normalized spacial score (nSPS) is 32.6. The molecule has 16 heavy (non-hydrogen) atoms. The van der Waals surface area contributed by atoms with Crippen LogP contribution in [0.3, 0.4) is 0 Å². The molecule has 0 radical (unpaired) electrons. The van der Waals surface area contributed by atoms with Gasteiger partial charge in [0.05, 0.1) is 0 Å². The molecule has 92 valence electrons. The molecule has 5 heteroatoms. The van der Waals surface area contributed by atoms with Gasteiger partial charge in [0.1, 0.15) is 0 Å². The summed E-state index contributed by atoms with van der Waals surface area (Å²) >= 11 is 0. The number of fused-ring (bicyclic) bond motifs is 1. The third kappa shape index (κ3) is 2.05. The minimum Gasteiger partial charge on any atom is -0.342 e. The summed E-state index contributed by atoms with van der Waals surface area (Å²) in [4.78, 5) is 13.2. The number of carbonyl (C=O) groups is 1. The van der Waals surface area contributed by atoms with Crippen LogP contribution in [-0.4, -0.2) is 36.4 Å². The predicted molar refractivity (Wildman–Crippen MR) is 56.0 cm³/mol. The maximum atomic E-state index is 13.6. The van der Waals surface area contributed by atoms with Crippen molar-refractivity contribution in [3.63, 3.8) is 0 Å². The summed E-state index contributed by atoms with van der Waals surface area (Å²) in [6, 6.07) is 0. The third-order valence-corrected chi connectivity index (χ3v) is 3.78. The molecule has 1 aliphatic carbocycles. The molecule has 0 aromatic heterocycles. The zero-order valence-corrected chi connectivity index (χ0v) is 9.29. The van der Waals surface area contributed by atoms with Crippen molar-refractivity contribution in [3.8, 4) is 0 Å². The van der Waals surface area contributed by atoms with E-state index in [-0.39, 0.29) is 31.2 Å². The number of hydrogen-bond donors (Lipinski definition) is 1. The van der Waals surface area contributed by atoms with Gasteiger partial charge in [0.25, 0.3) is 5.92 Å². The number of likely N-dealkylation sites (tertiary alicyclic amines) is 1. The molecule has 0 aromatic rings. The van der Waals surface area contributed by atoms with Gasteiger partial charge in [0, 0.05) is 38.4 Å². The summed E-state index contributed by atoms with van der Waals surface area (Å²) in [7, 11) is 0. The summed E-state index contributed by atoms with van der Waals surface area (Å²) < 4.78 is 27.2. The van der Waals surface area contributed by atoms with Crippen LogP contribution < -0.4 is 5.73 Å². The van der Waals surface area contributed by atoms with Crippen LogP contribution >= 0.6 is 0 Å². The number of nitrogens with zero attached hydrogens (tertiary/aromatic N) is 1. The summed E-state index contributed by atoms with van der Waals surface area (Å²) in [6.07, 6.45) is 1.65. The summed E-state index contributed by atoms with van der Waals surface area (Å²) in [5.41, 5.74) is 5.30. The first kappa shape index (κ1) is 11.8. The minimum absolute atomic E-state index is 0.00882. The Morgan fingerprint density at radius 2 is 2.19 bits per heavy atom. The molecular formula is C11H18F2N2O. The Bertz CT molecular complexity index is 283. The number of rotatable bonds is 2. The second-order valence-corrected chi connectivity index (χ2v) is 4.86. The molecule has 2 N–H and O–H groups in total. The fourth-order valence-electron chi connectivity index (χ4n) is 2.91. The Morgan fingerprint density at radius 3 is 2.81 bits per heavy atom. The van der Waals surface area contributed by atoms with Crippen molar-refractivity contribution in [2.24, 2.45) is 17.6 Å². The lowest BCUT2D eigenvalue weighted by Gasteiger charge is -2.32. The third-order valence-electron chi connectivity index (χ3n) is 3.78. The van der Waals surface area contributed by atoms with Crippen LogP contribution in [0, 0.1) is 11.8 Å². The highest BCUT2D eigenvalue weighted by Crippen LogP contribution is 2.45. The fraction of sp³-hybridized carbons (Fsp3) is 0.909. The summed E-state index contributed by atoms with van der Waals surface area (Å²) in [5, 5.41) is 0. The van der Waals surface area contributed by atoms with Gasteiger partial charge in [-0.3, -0.25) is 4.79 Å². The Morgan fingerprint density at radius 1 is 1.44 bits per heavy atom. The van der Waals surface area contributed by atoms with Crippen molar-refractivity contribution < 1.29 is 13.6 Å². The quantitative estimate of drug-likeness (QED) is 0.778. The second-order valence-electron chi connectivity index (χ2n) is 4.86. The number of hydrogen-bond acceptors (Lipinski definition) is 2. The average Bonchev–Trinajstić information content (AvgIpc) is 2.63. The highest BCUT2D eigenvalue weighted by molar-refractivity contribution is 5.76. The van der Waals surface area contributed by atoms with E-state index in [2.05, 4.69) is 0 Å². The maximum absolute atomic E-state index is 13.6. The van der Waals surface area contributed by atoms with Gasteiger partial charge in [-0.25, -0.2) is 8.78 Å². The largest absolute Gasteiger partial charge is 0.342 e. The lowest BCUT2D eigenvalue weighted by atomic mass is 9.79. The van der Waals surface area contributed by atoms with Crippen LogP contribution in [0.5, 0.6) is 0 Å². The highest BCUT2D eigenvalue weighted by Gasteiger charge is 2.51. The van der Waals surface area contributed by atoms with Crippen molar-refractivity contribution >= 4 is 5.91 Å². The van der Waals surface area contributed by atoms with E-state index < -0.39 is 11.8 Å². The van der Waals surface area contributed by atoms with Crippen molar-refractivity contribution in [2.45, 2.75) is 31.6 Å². The summed E-state index contributed by atoms with van der Waals surface area (Å²) in [5.74, 6) is -3.29. The number of carbonyl (C=O) groups excluding carboxylic acids is 1. The lowest BCUT2D eigenvalue weighted by molar-refractivity contribution is -0.130. The SMILES string of the molecule is NCCC(=O)N1C[C@H]2CCCC(F)(F)[C@H]2C1. The monoisotopic (exact) mass is 232 g/mol. The maximum Gasteiger partial charge on any atom is 0.252 e. The minimum atomic E-state index is -2.58. The molecule has 2 fully saturated rings. The van der Waals surface area contributed by atoms with Gasteiger partial charge < -0.3 is 10.6 Å². The standard InChI is InChI=1S/C11H18F2N2O/c12-11(13)4-1-2-8-6-15(7-9(8)11)10(16)3-5-14/h8-9H,1-7,14H2/t8-,9+/m1/s1. The van der Waals surface area contributed by atoms with Gasteiger partial charge >= 0.3 is 0 Å². The van der Waals surface area contributed by atoms with Gasteiger partial charge in [0.15, 0.2) is 0 Å². The first-order valence-corrected chi connectivity index (χ1v) is 5.90. The Hall–Kier alpha value is -0.710. The van der Waals surface area contributed by atoms with Crippen LogP contribution in [0.4, 0.5) is 8.78 Å². The second kappa shape index (κ2) is 4.28. The van der Waals surface area contributed by atoms with Crippen molar-refractivity contribution in [1.82, 2.24) is 4.90 Å². The van der Waals surface area contributed by atoms with Crippen LogP contribution in [0.25, 0.3) is 0 Å². The van der Waals surface area contributed by atoms with E-state index in [0.29, 0.717) is 19.5 Å². The molecule has 2 atom stereocenters. The first-order chi connectivity index (χ1) is 7.54. The molecule has 1 heterocycles. The number of nitrogens with two attached hydrogens (primary N) is 1. The molecule has 1 saturated carbocycles. The van der Waals surface area contributed by atoms with Gasteiger partial charge in [-0.2, -0.15) is 0 Å².